The normalized spacial score (nSPS) is 17.3. The van der Waals surface area contributed by atoms with Crippen molar-refractivity contribution in [1.29, 1.82) is 0 Å². The summed E-state index contributed by atoms with van der Waals surface area (Å²) in [7, 11) is 0.626. The quantitative estimate of drug-likeness (QED) is 0.151. The van der Waals surface area contributed by atoms with Crippen molar-refractivity contribution in [3.8, 4) is 0 Å². The van der Waals surface area contributed by atoms with E-state index in [-0.39, 0.29) is 6.10 Å². The second kappa shape index (κ2) is 13.9. The van der Waals surface area contributed by atoms with Crippen LogP contribution in [0.3, 0.4) is 0 Å². The lowest BCUT2D eigenvalue weighted by molar-refractivity contribution is 0.0559. The third-order valence-corrected chi connectivity index (χ3v) is 15.6. The smallest absolute Gasteiger partial charge is 0.0861 e. The molecule has 3 atom stereocenters. The predicted octanol–water partition coefficient (Wildman–Crippen LogP) is 8.67. The van der Waals surface area contributed by atoms with Gasteiger partial charge in [0.25, 0.3) is 0 Å². The molecular formula is C41H44OP2. The number of hydrogen-bond donors (Lipinski definition) is 0. The van der Waals surface area contributed by atoms with Crippen LogP contribution in [-0.4, -0.2) is 12.8 Å². The fraction of sp³-hybridized carbons (Fsp3) is 0.268. The second-order valence-corrected chi connectivity index (χ2v) is 16.7. The molecule has 224 valence electrons. The molecule has 1 aliphatic carbocycles. The minimum Gasteiger partial charge on any atom is -0.376 e. The number of rotatable bonds is 9. The first-order valence-electron chi connectivity index (χ1n) is 15.9. The van der Waals surface area contributed by atoms with Crippen LogP contribution >= 0.6 is 15.8 Å². The van der Waals surface area contributed by atoms with Crippen LogP contribution in [0.25, 0.3) is 0 Å². The van der Waals surface area contributed by atoms with E-state index in [0.717, 1.165) is 0 Å². The van der Waals surface area contributed by atoms with Gasteiger partial charge in [0.1, 0.15) is 0 Å². The Hall–Kier alpha value is -3.08. The van der Waals surface area contributed by atoms with E-state index in [1.807, 2.05) is 7.11 Å². The number of methoxy groups -OCH3 is 1. The van der Waals surface area contributed by atoms with Crippen LogP contribution in [0, 0.1) is 33.6 Å². The van der Waals surface area contributed by atoms with Crippen LogP contribution in [0.2, 0.25) is 0 Å². The van der Waals surface area contributed by atoms with E-state index in [9.17, 15) is 0 Å². The van der Waals surface area contributed by atoms with Crippen molar-refractivity contribution in [3.05, 3.63) is 149 Å². The van der Waals surface area contributed by atoms with Gasteiger partial charge in [0, 0.05) is 7.11 Å². The SMILES string of the molecule is CO[C@@H](c1ccccc1P(c1ccccc1)c1ccccc1)C1CCC[C@@H]1P(c1c(C)cccc1C)c1c(C)cccc1C. The standard InChI is InChI=1S/C41H44OP2/c1-29-17-14-18-30(2)40(29)44(41-31(3)19-15-20-32(41)4)38-28-16-26-36(38)39(42-5)35-25-12-13-27-37(35)43(33-21-8-6-9-22-33)34-23-10-7-11-24-34/h6-15,17-25,27,36,38-39H,16,26,28H2,1-5H3/t36?,38-,39-/m0/s1. The van der Waals surface area contributed by atoms with Crippen LogP contribution in [-0.2, 0) is 4.74 Å². The molecule has 0 aromatic heterocycles. The van der Waals surface area contributed by atoms with Crippen molar-refractivity contribution >= 4 is 42.4 Å². The summed E-state index contributed by atoms with van der Waals surface area (Å²) in [6.07, 6.45) is 3.72. The van der Waals surface area contributed by atoms with Crippen LogP contribution in [0.15, 0.2) is 121 Å². The molecule has 44 heavy (non-hydrogen) atoms. The molecule has 3 heteroatoms. The van der Waals surface area contributed by atoms with Crippen molar-refractivity contribution in [1.82, 2.24) is 0 Å². The maximum absolute atomic E-state index is 6.68. The molecule has 5 aromatic rings. The van der Waals surface area contributed by atoms with E-state index in [1.165, 1.54) is 63.0 Å². The van der Waals surface area contributed by atoms with Gasteiger partial charge in [-0.15, -0.1) is 0 Å². The molecule has 1 unspecified atom stereocenters. The molecule has 5 aromatic carbocycles. The average Bonchev–Trinajstić information content (AvgIpc) is 3.51. The van der Waals surface area contributed by atoms with E-state index >= 15 is 0 Å². The van der Waals surface area contributed by atoms with Gasteiger partial charge in [-0.1, -0.05) is 128 Å². The molecule has 1 aliphatic rings. The van der Waals surface area contributed by atoms with Crippen molar-refractivity contribution in [2.45, 2.75) is 58.7 Å². The lowest BCUT2D eigenvalue weighted by Gasteiger charge is -2.38. The molecule has 1 fully saturated rings. The van der Waals surface area contributed by atoms with Crippen molar-refractivity contribution in [2.75, 3.05) is 7.11 Å². The van der Waals surface area contributed by atoms with E-state index < -0.39 is 15.8 Å². The summed E-state index contributed by atoms with van der Waals surface area (Å²) in [5.41, 5.74) is 7.61. The largest absolute Gasteiger partial charge is 0.376 e. The Bertz CT molecular complexity index is 1570. The molecule has 6 rings (SSSR count). The molecule has 0 amide bonds. The molecule has 0 heterocycles. The van der Waals surface area contributed by atoms with Gasteiger partial charge in [0.2, 0.25) is 0 Å². The maximum Gasteiger partial charge on any atom is 0.0861 e. The van der Waals surface area contributed by atoms with E-state index in [0.29, 0.717) is 11.6 Å². The fourth-order valence-corrected chi connectivity index (χ4v) is 13.8. The second-order valence-electron chi connectivity index (χ2n) is 12.2. The molecule has 0 bridgehead atoms. The maximum atomic E-state index is 6.68. The van der Waals surface area contributed by atoms with Gasteiger partial charge >= 0.3 is 0 Å². The first-order valence-corrected chi connectivity index (χ1v) is 18.7. The van der Waals surface area contributed by atoms with Gasteiger partial charge in [-0.25, -0.2) is 0 Å². The summed E-state index contributed by atoms with van der Waals surface area (Å²) in [6.45, 7) is 9.30. The molecule has 0 spiro atoms. The van der Waals surface area contributed by atoms with Crippen LogP contribution in [0.4, 0.5) is 0 Å². The van der Waals surface area contributed by atoms with Crippen LogP contribution < -0.4 is 26.5 Å². The lowest BCUT2D eigenvalue weighted by atomic mass is 9.94. The summed E-state index contributed by atoms with van der Waals surface area (Å²) in [5, 5.41) is 7.34. The molecular weight excluding hydrogens is 570 g/mol. The van der Waals surface area contributed by atoms with Gasteiger partial charge in [0.05, 0.1) is 6.10 Å². The third kappa shape index (κ3) is 6.08. The third-order valence-electron chi connectivity index (χ3n) is 9.38. The zero-order chi connectivity index (χ0) is 30.6. The molecule has 1 saturated carbocycles. The summed E-state index contributed by atoms with van der Waals surface area (Å²) < 4.78 is 6.68. The zero-order valence-corrected chi connectivity index (χ0v) is 28.5. The van der Waals surface area contributed by atoms with Crippen molar-refractivity contribution in [2.24, 2.45) is 5.92 Å². The first-order chi connectivity index (χ1) is 21.5. The van der Waals surface area contributed by atoms with E-state index in [4.69, 9.17) is 4.74 Å². The minimum absolute atomic E-state index is 0.0368. The fourth-order valence-electron chi connectivity index (χ4n) is 7.50. The van der Waals surface area contributed by atoms with E-state index in [1.54, 1.807) is 10.6 Å². The highest BCUT2D eigenvalue weighted by atomic mass is 31.1. The number of ether oxygens (including phenoxy) is 1. The Kier molecular flexibility index (Phi) is 9.78. The number of aryl methyl sites for hydroxylation is 4. The highest BCUT2D eigenvalue weighted by Crippen LogP contribution is 2.56. The summed E-state index contributed by atoms with van der Waals surface area (Å²) in [6, 6.07) is 45.1. The van der Waals surface area contributed by atoms with Gasteiger partial charge in [-0.3, -0.25) is 0 Å². The van der Waals surface area contributed by atoms with E-state index in [2.05, 4.69) is 149 Å². The van der Waals surface area contributed by atoms with Crippen LogP contribution in [0.1, 0.15) is 53.2 Å². The molecule has 0 radical (unpaired) electrons. The summed E-state index contributed by atoms with van der Waals surface area (Å²) >= 11 is 0. The Morgan fingerprint density at radius 2 is 1.05 bits per heavy atom. The Labute approximate surface area is 267 Å². The van der Waals surface area contributed by atoms with Gasteiger partial charge < -0.3 is 4.74 Å². The number of benzene rings is 5. The topological polar surface area (TPSA) is 9.23 Å². The first kappa shape index (κ1) is 30.9. The molecule has 0 saturated heterocycles. The predicted molar refractivity (Wildman–Crippen MR) is 194 cm³/mol. The summed E-state index contributed by atoms with van der Waals surface area (Å²) in [4.78, 5) is 0. The minimum atomic E-state index is -0.732. The van der Waals surface area contributed by atoms with Gasteiger partial charge in [-0.05, 0) is 122 Å². The van der Waals surface area contributed by atoms with Gasteiger partial charge in [-0.2, -0.15) is 0 Å². The molecule has 0 aliphatic heterocycles. The monoisotopic (exact) mass is 614 g/mol. The average molecular weight is 615 g/mol. The Morgan fingerprint density at radius 3 is 1.55 bits per heavy atom. The van der Waals surface area contributed by atoms with Gasteiger partial charge in [0.15, 0.2) is 0 Å². The zero-order valence-electron chi connectivity index (χ0n) is 26.7. The van der Waals surface area contributed by atoms with Crippen LogP contribution in [0.5, 0.6) is 0 Å². The van der Waals surface area contributed by atoms with Crippen molar-refractivity contribution in [3.63, 3.8) is 0 Å². The molecule has 1 nitrogen and oxygen atoms in total. The lowest BCUT2D eigenvalue weighted by Crippen LogP contribution is -2.34. The Balaban J connectivity index is 1.50. The number of hydrogen-bond acceptors (Lipinski definition) is 1. The summed E-state index contributed by atoms with van der Waals surface area (Å²) in [5.74, 6) is 0.439. The molecule has 0 N–H and O–H groups in total. The highest BCUT2D eigenvalue weighted by molar-refractivity contribution is 7.80. The highest BCUT2D eigenvalue weighted by Gasteiger charge is 2.42. The van der Waals surface area contributed by atoms with Crippen molar-refractivity contribution < 1.29 is 4.74 Å². The Morgan fingerprint density at radius 1 is 0.568 bits per heavy atom.